The Morgan fingerprint density at radius 2 is 1.91 bits per heavy atom. The first-order valence-corrected chi connectivity index (χ1v) is 19.4. The van der Waals surface area contributed by atoms with Crippen molar-refractivity contribution in [2.24, 2.45) is 4.99 Å². The Morgan fingerprint density at radius 3 is 2.57 bits per heavy atom. The lowest BCUT2D eigenvalue weighted by Gasteiger charge is -2.22. The normalized spacial score (nSPS) is 19.0. The number of alkyl halides is 3. The molecular weight excluding hydrogens is 696 g/mol. The number of ketones is 1. The van der Waals surface area contributed by atoms with Crippen LogP contribution in [-0.4, -0.2) is 104 Å². The third kappa shape index (κ3) is 13.0. The SMILES string of the molecule is CN(C)C=Nc1ncnc2c1c(C#CCOCSSC(C)(C)CCC(=O)C(F)(F)F)cn2[C@H]1CC(OCSSC(C)(C)C)[C@@H](CO)O1. The summed E-state index contributed by atoms with van der Waals surface area (Å²) in [6.07, 6.45) is -1.12. The molecule has 262 valence electrons. The van der Waals surface area contributed by atoms with Crippen molar-refractivity contribution in [2.45, 2.75) is 88.0 Å². The zero-order chi connectivity index (χ0) is 34.8. The first kappa shape index (κ1) is 39.8. The molecule has 1 unspecified atom stereocenters. The highest BCUT2D eigenvalue weighted by molar-refractivity contribution is 8.77. The van der Waals surface area contributed by atoms with Crippen molar-refractivity contribution < 1.29 is 37.3 Å². The number of aliphatic hydroxyl groups excluding tert-OH is 1. The van der Waals surface area contributed by atoms with Crippen molar-refractivity contribution >= 4 is 72.1 Å². The molecule has 0 spiro atoms. The number of hydrogen-bond donors (Lipinski definition) is 1. The van der Waals surface area contributed by atoms with Crippen molar-refractivity contribution in [2.75, 3.05) is 39.2 Å². The molecule has 1 saturated heterocycles. The van der Waals surface area contributed by atoms with E-state index in [1.807, 2.05) is 24.9 Å². The summed E-state index contributed by atoms with van der Waals surface area (Å²) in [5.41, 5.74) is 1.20. The summed E-state index contributed by atoms with van der Waals surface area (Å²) in [4.78, 5) is 26.4. The van der Waals surface area contributed by atoms with Crippen LogP contribution in [0.4, 0.5) is 19.0 Å². The molecule has 0 aliphatic carbocycles. The van der Waals surface area contributed by atoms with Crippen LogP contribution >= 0.6 is 43.2 Å². The highest BCUT2D eigenvalue weighted by Crippen LogP contribution is 2.40. The molecule has 47 heavy (non-hydrogen) atoms. The van der Waals surface area contributed by atoms with Crippen molar-refractivity contribution in [3.8, 4) is 11.8 Å². The number of aromatic nitrogens is 3. The zero-order valence-corrected chi connectivity index (χ0v) is 30.8. The van der Waals surface area contributed by atoms with E-state index in [0.29, 0.717) is 34.8 Å². The third-order valence-electron chi connectivity index (χ3n) is 6.39. The molecule has 17 heteroatoms. The molecule has 2 aromatic heterocycles. The first-order chi connectivity index (χ1) is 22.0. The molecule has 3 atom stereocenters. The summed E-state index contributed by atoms with van der Waals surface area (Å²) in [5, 5.41) is 10.7. The van der Waals surface area contributed by atoms with Gasteiger partial charge in [-0.05, 0) is 20.3 Å². The van der Waals surface area contributed by atoms with E-state index >= 15 is 0 Å². The van der Waals surface area contributed by atoms with E-state index in [4.69, 9.17) is 14.2 Å². The summed E-state index contributed by atoms with van der Waals surface area (Å²) in [6.45, 7) is 9.91. The summed E-state index contributed by atoms with van der Waals surface area (Å²) in [5.74, 6) is 5.59. The van der Waals surface area contributed by atoms with E-state index in [1.165, 1.54) is 27.9 Å². The largest absolute Gasteiger partial charge is 0.449 e. The lowest BCUT2D eigenvalue weighted by Crippen LogP contribution is -2.27. The van der Waals surface area contributed by atoms with E-state index in [-0.39, 0.29) is 36.4 Å². The minimum atomic E-state index is -4.80. The standard InChI is InChI=1S/C30H42F3N5O5S4/c1-28(2,3)46-45-19-42-21-13-24(43-22(21)15-39)38-14-20(25-26(36-17-37(6)7)34-16-35-27(25)38)9-8-12-41-18-44-47-29(4,5)11-10-23(40)30(31,32)33/h14,16-17,21-22,24,39H,10-13,15,18-19H2,1-7H3/t21?,22-,24-/m1/s1. The Labute approximate surface area is 289 Å². The molecule has 1 aliphatic heterocycles. The van der Waals surface area contributed by atoms with Crippen LogP contribution in [0.15, 0.2) is 17.5 Å². The molecule has 3 rings (SSSR count). The number of ether oxygens (including phenoxy) is 3. The van der Waals surface area contributed by atoms with Gasteiger partial charge in [-0.25, -0.2) is 15.0 Å². The second kappa shape index (κ2) is 17.8. The fourth-order valence-corrected chi connectivity index (χ4v) is 8.48. The Kier molecular flexibility index (Phi) is 15.1. The average molecular weight is 738 g/mol. The van der Waals surface area contributed by atoms with Crippen LogP contribution in [0.25, 0.3) is 11.0 Å². The smallest absolute Gasteiger partial charge is 0.394 e. The summed E-state index contributed by atoms with van der Waals surface area (Å²) in [7, 11) is 9.76. The minimum absolute atomic E-state index is 0.0950. The Balaban J connectivity index is 1.69. The number of halogens is 3. The van der Waals surface area contributed by atoms with E-state index in [0.717, 1.165) is 0 Å². The first-order valence-electron chi connectivity index (χ1n) is 14.7. The second-order valence-electron chi connectivity index (χ2n) is 12.4. The van der Waals surface area contributed by atoms with E-state index in [2.05, 4.69) is 47.6 Å². The molecule has 0 saturated carbocycles. The molecule has 0 radical (unpaired) electrons. The fraction of sp³-hybridized carbons (Fsp3) is 0.667. The van der Waals surface area contributed by atoms with Crippen molar-refractivity contribution in [3.05, 3.63) is 18.1 Å². The highest BCUT2D eigenvalue weighted by Gasteiger charge is 2.39. The molecule has 0 amide bonds. The molecule has 3 heterocycles. The molecule has 10 nitrogen and oxygen atoms in total. The molecular formula is C30H42F3N5O5S4. The van der Waals surface area contributed by atoms with Crippen LogP contribution in [-0.2, 0) is 19.0 Å². The van der Waals surface area contributed by atoms with E-state index in [1.54, 1.807) is 46.7 Å². The van der Waals surface area contributed by atoms with Gasteiger partial charge in [0.25, 0.3) is 0 Å². The number of fused-ring (bicyclic) bond motifs is 1. The predicted molar refractivity (Wildman–Crippen MR) is 187 cm³/mol. The summed E-state index contributed by atoms with van der Waals surface area (Å²) < 4.78 is 57.0. The fourth-order valence-electron chi connectivity index (χ4n) is 4.22. The predicted octanol–water partition coefficient (Wildman–Crippen LogP) is 6.85. The van der Waals surface area contributed by atoms with Crippen LogP contribution in [0.3, 0.4) is 0 Å². The second-order valence-corrected chi connectivity index (χ2v) is 18.4. The van der Waals surface area contributed by atoms with Gasteiger partial charge in [0.2, 0.25) is 5.78 Å². The Hall–Kier alpha value is -1.65. The average Bonchev–Trinajstić information content (AvgIpc) is 3.57. The lowest BCUT2D eigenvalue weighted by molar-refractivity contribution is -0.171. The number of Topliss-reactive ketones (excluding diaryl/α,β-unsaturated/α-hetero) is 1. The minimum Gasteiger partial charge on any atom is -0.394 e. The maximum atomic E-state index is 12.5. The van der Waals surface area contributed by atoms with E-state index < -0.39 is 35.5 Å². The van der Waals surface area contributed by atoms with Gasteiger partial charge < -0.3 is 28.8 Å². The van der Waals surface area contributed by atoms with Crippen LogP contribution < -0.4 is 0 Å². The molecule has 0 aromatic carbocycles. The third-order valence-corrected chi connectivity index (χ3v) is 12.4. The Bertz CT molecular complexity index is 1420. The monoisotopic (exact) mass is 737 g/mol. The van der Waals surface area contributed by atoms with Crippen LogP contribution in [0.2, 0.25) is 0 Å². The maximum Gasteiger partial charge on any atom is 0.449 e. The Morgan fingerprint density at radius 1 is 1.19 bits per heavy atom. The van der Waals surface area contributed by atoms with Gasteiger partial charge in [-0.2, -0.15) is 13.2 Å². The molecule has 2 aromatic rings. The van der Waals surface area contributed by atoms with Crippen molar-refractivity contribution in [3.63, 3.8) is 0 Å². The summed E-state index contributed by atoms with van der Waals surface area (Å²) in [6, 6.07) is 0. The molecule has 0 bridgehead atoms. The van der Waals surface area contributed by atoms with Crippen molar-refractivity contribution in [1.29, 1.82) is 0 Å². The van der Waals surface area contributed by atoms with Gasteiger partial charge in [-0.15, -0.1) is 0 Å². The highest BCUT2D eigenvalue weighted by atomic mass is 33.1. The number of aliphatic imine (C=N–C) groups is 1. The van der Waals surface area contributed by atoms with Crippen molar-refractivity contribution in [1.82, 2.24) is 19.4 Å². The number of carbonyl (C=O) groups is 1. The van der Waals surface area contributed by atoms with E-state index in [9.17, 15) is 23.1 Å². The van der Waals surface area contributed by atoms with Gasteiger partial charge in [-0.1, -0.05) is 75.8 Å². The van der Waals surface area contributed by atoms with Crippen LogP contribution in [0, 0.1) is 11.8 Å². The summed E-state index contributed by atoms with van der Waals surface area (Å²) >= 11 is 0. The van der Waals surface area contributed by atoms with Crippen LogP contribution in [0.1, 0.15) is 65.7 Å². The lowest BCUT2D eigenvalue weighted by atomic mass is 10.0. The molecule has 1 fully saturated rings. The van der Waals surface area contributed by atoms with Gasteiger partial charge in [0.05, 0.1) is 30.0 Å². The number of rotatable bonds is 16. The van der Waals surface area contributed by atoms with Gasteiger partial charge in [0.15, 0.2) is 5.82 Å². The molecule has 1 N–H and O–H groups in total. The molecule has 1 aliphatic rings. The topological polar surface area (TPSA) is 111 Å². The van der Waals surface area contributed by atoms with Gasteiger partial charge >= 0.3 is 6.18 Å². The number of carbonyl (C=O) groups excluding carboxylic acids is 1. The van der Waals surface area contributed by atoms with Gasteiger partial charge in [-0.3, -0.25) is 4.79 Å². The van der Waals surface area contributed by atoms with Crippen LogP contribution in [0.5, 0.6) is 0 Å². The zero-order valence-electron chi connectivity index (χ0n) is 27.5. The quantitative estimate of drug-likeness (QED) is 0.0486. The number of hydrogen-bond acceptors (Lipinski definition) is 12. The maximum absolute atomic E-state index is 12.5. The van der Waals surface area contributed by atoms with Gasteiger partial charge in [0, 0.05) is 42.6 Å². The van der Waals surface area contributed by atoms with Gasteiger partial charge in [0.1, 0.15) is 42.8 Å². The number of aliphatic hydroxyl groups is 1. The number of nitrogens with zero attached hydrogens (tertiary/aromatic N) is 5.